The Balaban J connectivity index is 1.84. The predicted molar refractivity (Wildman–Crippen MR) is 88.8 cm³/mol. The van der Waals surface area contributed by atoms with Crippen molar-refractivity contribution >= 4 is 0 Å². The highest BCUT2D eigenvalue weighted by atomic mass is 19.1. The van der Waals surface area contributed by atoms with Crippen LogP contribution in [0.25, 0.3) is 0 Å². The van der Waals surface area contributed by atoms with E-state index in [1.807, 2.05) is 7.05 Å². The van der Waals surface area contributed by atoms with Gasteiger partial charge in [-0.3, -0.25) is 4.90 Å². The van der Waals surface area contributed by atoms with Gasteiger partial charge in [-0.05, 0) is 39.0 Å². The van der Waals surface area contributed by atoms with Crippen molar-refractivity contribution in [2.75, 3.05) is 26.7 Å². The first-order valence-electron chi connectivity index (χ1n) is 8.40. The van der Waals surface area contributed by atoms with Crippen molar-refractivity contribution in [1.82, 2.24) is 25.0 Å². The number of hydrogen-bond acceptors (Lipinski definition) is 5. The van der Waals surface area contributed by atoms with Crippen LogP contribution in [-0.2, 0) is 12.1 Å². The Hall–Kier alpha value is -1.90. The van der Waals surface area contributed by atoms with Crippen LogP contribution in [0.3, 0.4) is 0 Å². The number of β-amino-alcohol motifs (C(OH)–C–C–N with tert-alkyl or cyclic N) is 1. The van der Waals surface area contributed by atoms with Gasteiger partial charge in [0.05, 0.1) is 6.54 Å². The maximum atomic E-state index is 14.4. The zero-order valence-electron chi connectivity index (χ0n) is 14.2. The lowest BCUT2D eigenvalue weighted by atomic mass is 9.91. The lowest BCUT2D eigenvalue weighted by Crippen LogP contribution is -2.49. The molecule has 2 aromatic rings. The lowest BCUT2D eigenvalue weighted by Gasteiger charge is -2.38. The molecule has 1 aromatic carbocycles. The Bertz CT molecular complexity index is 688. The van der Waals surface area contributed by atoms with Crippen molar-refractivity contribution in [2.45, 2.75) is 31.0 Å². The second-order valence-electron chi connectivity index (χ2n) is 6.59. The minimum atomic E-state index is -1.53. The third kappa shape index (κ3) is 4.20. The molecule has 0 saturated carbocycles. The number of aliphatic hydroxyl groups is 1. The molecule has 0 amide bonds. The van der Waals surface area contributed by atoms with Crippen molar-refractivity contribution < 1.29 is 13.9 Å². The zero-order chi connectivity index (χ0) is 17.9. The summed E-state index contributed by atoms with van der Waals surface area (Å²) in [6.07, 6.45) is 4.75. The number of piperidine rings is 1. The number of aromatic nitrogens is 3. The maximum Gasteiger partial charge on any atom is 0.137 e. The van der Waals surface area contributed by atoms with Gasteiger partial charge in [0.2, 0.25) is 0 Å². The zero-order valence-corrected chi connectivity index (χ0v) is 14.2. The van der Waals surface area contributed by atoms with E-state index in [9.17, 15) is 13.9 Å². The lowest BCUT2D eigenvalue weighted by molar-refractivity contribution is -0.0270. The molecule has 1 aromatic heterocycles. The van der Waals surface area contributed by atoms with Crippen molar-refractivity contribution in [3.8, 4) is 0 Å². The standard InChI is InChI=1S/C17H23F2N5O/c1-20-14-4-6-23(7-5-14)9-17(25,10-24-12-21-11-22-24)15-3-2-13(18)8-16(15)19/h2-3,8,11-12,14,20,25H,4-7,9-10H2,1H3. The highest BCUT2D eigenvalue weighted by molar-refractivity contribution is 5.25. The van der Waals surface area contributed by atoms with Gasteiger partial charge >= 0.3 is 0 Å². The average Bonchev–Trinajstić information content (AvgIpc) is 3.08. The molecule has 0 aliphatic carbocycles. The second kappa shape index (κ2) is 7.55. The quantitative estimate of drug-likeness (QED) is 0.817. The van der Waals surface area contributed by atoms with Gasteiger partial charge in [-0.2, -0.15) is 5.10 Å². The van der Waals surface area contributed by atoms with Crippen molar-refractivity contribution in [3.05, 3.63) is 48.1 Å². The summed E-state index contributed by atoms with van der Waals surface area (Å²) in [5.74, 6) is -1.42. The number of rotatable bonds is 6. The molecule has 0 radical (unpaired) electrons. The smallest absolute Gasteiger partial charge is 0.137 e. The number of hydrogen-bond donors (Lipinski definition) is 2. The van der Waals surface area contributed by atoms with E-state index >= 15 is 0 Å². The van der Waals surface area contributed by atoms with Crippen molar-refractivity contribution in [2.24, 2.45) is 0 Å². The van der Waals surface area contributed by atoms with Crippen LogP contribution in [0.15, 0.2) is 30.9 Å². The molecular formula is C17H23F2N5O. The van der Waals surface area contributed by atoms with E-state index in [2.05, 4.69) is 20.3 Å². The molecule has 2 N–H and O–H groups in total. The summed E-state index contributed by atoms with van der Waals surface area (Å²) in [6, 6.07) is 3.73. The fourth-order valence-corrected chi connectivity index (χ4v) is 3.42. The van der Waals surface area contributed by atoms with E-state index in [1.54, 1.807) is 0 Å². The molecule has 8 heteroatoms. The minimum Gasteiger partial charge on any atom is -0.382 e. The van der Waals surface area contributed by atoms with Gasteiger partial charge < -0.3 is 10.4 Å². The molecule has 1 saturated heterocycles. The second-order valence-corrected chi connectivity index (χ2v) is 6.59. The van der Waals surface area contributed by atoms with Crippen LogP contribution in [0.2, 0.25) is 0 Å². The molecule has 25 heavy (non-hydrogen) atoms. The van der Waals surface area contributed by atoms with Crippen LogP contribution < -0.4 is 5.32 Å². The minimum absolute atomic E-state index is 0.0432. The summed E-state index contributed by atoms with van der Waals surface area (Å²) in [5.41, 5.74) is -1.46. The molecule has 1 fully saturated rings. The van der Waals surface area contributed by atoms with E-state index in [-0.39, 0.29) is 18.7 Å². The Kier molecular flexibility index (Phi) is 5.41. The highest BCUT2D eigenvalue weighted by Crippen LogP contribution is 2.28. The number of nitrogens with one attached hydrogen (secondary N) is 1. The molecule has 6 nitrogen and oxygen atoms in total. The van der Waals surface area contributed by atoms with E-state index in [1.165, 1.54) is 23.4 Å². The van der Waals surface area contributed by atoms with Crippen LogP contribution in [0, 0.1) is 11.6 Å². The molecule has 136 valence electrons. The van der Waals surface area contributed by atoms with Gasteiger partial charge in [0, 0.05) is 24.2 Å². The molecule has 1 unspecified atom stereocenters. The Morgan fingerprint density at radius 1 is 1.28 bits per heavy atom. The predicted octanol–water partition coefficient (Wildman–Crippen LogP) is 1.13. The average molecular weight is 351 g/mol. The van der Waals surface area contributed by atoms with Crippen LogP contribution in [-0.4, -0.2) is 57.5 Å². The molecule has 1 aliphatic heterocycles. The normalized spacial score (nSPS) is 19.0. The number of likely N-dealkylation sites (tertiary alicyclic amines) is 1. The monoisotopic (exact) mass is 351 g/mol. The van der Waals surface area contributed by atoms with Crippen LogP contribution in [0.1, 0.15) is 18.4 Å². The van der Waals surface area contributed by atoms with Crippen molar-refractivity contribution in [3.63, 3.8) is 0 Å². The van der Waals surface area contributed by atoms with Gasteiger partial charge in [0.25, 0.3) is 0 Å². The van der Waals surface area contributed by atoms with Gasteiger partial charge in [-0.25, -0.2) is 18.4 Å². The van der Waals surface area contributed by atoms with E-state index in [0.717, 1.165) is 38.1 Å². The summed E-state index contributed by atoms with van der Waals surface area (Å²) in [5, 5.41) is 18.6. The number of benzene rings is 1. The molecule has 2 heterocycles. The first kappa shape index (κ1) is 17.9. The largest absolute Gasteiger partial charge is 0.382 e. The first-order chi connectivity index (χ1) is 12.0. The van der Waals surface area contributed by atoms with Crippen LogP contribution >= 0.6 is 0 Å². The summed E-state index contributed by atoms with van der Waals surface area (Å²) < 4.78 is 29.1. The summed E-state index contributed by atoms with van der Waals surface area (Å²) in [6.45, 7) is 1.88. The first-order valence-corrected chi connectivity index (χ1v) is 8.40. The third-order valence-electron chi connectivity index (χ3n) is 4.80. The maximum absolute atomic E-state index is 14.4. The fourth-order valence-electron chi connectivity index (χ4n) is 3.42. The Morgan fingerprint density at radius 3 is 2.64 bits per heavy atom. The van der Waals surface area contributed by atoms with E-state index < -0.39 is 17.2 Å². The van der Waals surface area contributed by atoms with Crippen molar-refractivity contribution in [1.29, 1.82) is 0 Å². The summed E-state index contributed by atoms with van der Waals surface area (Å²) >= 11 is 0. The van der Waals surface area contributed by atoms with E-state index in [4.69, 9.17) is 0 Å². The van der Waals surface area contributed by atoms with Crippen LogP contribution in [0.5, 0.6) is 0 Å². The number of nitrogens with zero attached hydrogens (tertiary/aromatic N) is 4. The summed E-state index contributed by atoms with van der Waals surface area (Å²) in [4.78, 5) is 5.97. The topological polar surface area (TPSA) is 66.2 Å². The van der Waals surface area contributed by atoms with Gasteiger partial charge in [0.15, 0.2) is 0 Å². The Morgan fingerprint density at radius 2 is 2.04 bits per heavy atom. The molecule has 0 bridgehead atoms. The summed E-state index contributed by atoms with van der Waals surface area (Å²) in [7, 11) is 1.94. The van der Waals surface area contributed by atoms with Gasteiger partial charge in [-0.1, -0.05) is 6.07 Å². The van der Waals surface area contributed by atoms with E-state index in [0.29, 0.717) is 6.04 Å². The molecule has 1 atom stereocenters. The SMILES string of the molecule is CNC1CCN(CC(O)(Cn2cncn2)c2ccc(F)cc2F)CC1. The fraction of sp³-hybridized carbons (Fsp3) is 0.529. The Labute approximate surface area is 145 Å². The van der Waals surface area contributed by atoms with Crippen LogP contribution in [0.4, 0.5) is 8.78 Å². The molecule has 0 spiro atoms. The molecule has 1 aliphatic rings. The van der Waals surface area contributed by atoms with Gasteiger partial charge in [0.1, 0.15) is 29.9 Å². The molecular weight excluding hydrogens is 328 g/mol. The number of halogens is 2. The highest BCUT2D eigenvalue weighted by Gasteiger charge is 2.36. The van der Waals surface area contributed by atoms with Gasteiger partial charge in [-0.15, -0.1) is 0 Å². The molecule has 3 rings (SSSR count). The third-order valence-corrected chi connectivity index (χ3v) is 4.80.